The number of benzene rings is 4. The smallest absolute Gasteiger partial charge is 0.418 e. The van der Waals surface area contributed by atoms with E-state index in [4.69, 9.17) is 9.47 Å². The first kappa shape index (κ1) is 23.0. The Balaban J connectivity index is 1.58. The van der Waals surface area contributed by atoms with Crippen LogP contribution in [0.5, 0.6) is 0 Å². The number of esters is 2. The number of ether oxygens (including phenoxy) is 2. The summed E-state index contributed by atoms with van der Waals surface area (Å²) in [6.07, 6.45) is -1.45. The van der Waals surface area contributed by atoms with Crippen LogP contribution in [0, 0.1) is 13.8 Å². The highest BCUT2D eigenvalue weighted by Crippen LogP contribution is 2.29. The molecule has 4 nitrogen and oxygen atoms in total. The number of carbonyl (C=O) groups excluding carboxylic acids is 2. The van der Waals surface area contributed by atoms with Crippen LogP contribution in [0.15, 0.2) is 109 Å². The third-order valence-electron chi connectivity index (χ3n) is 5.58. The maximum atomic E-state index is 12.9. The molecular formula is C30H26O4. The normalized spacial score (nSPS) is 12.4. The highest BCUT2D eigenvalue weighted by molar-refractivity contribution is 6.29. The second kappa shape index (κ2) is 10.6. The van der Waals surface area contributed by atoms with Gasteiger partial charge in [0.05, 0.1) is 0 Å². The molecule has 0 aliphatic rings. The summed E-state index contributed by atoms with van der Waals surface area (Å²) in [6.45, 7) is 3.97. The summed E-state index contributed by atoms with van der Waals surface area (Å²) in [4.78, 5) is 25.8. The average molecular weight is 451 g/mol. The highest BCUT2D eigenvalue weighted by Gasteiger charge is 2.28. The Kier molecular flexibility index (Phi) is 7.19. The molecule has 0 saturated heterocycles. The van der Waals surface area contributed by atoms with Gasteiger partial charge in [-0.25, -0.2) is 9.59 Å². The summed E-state index contributed by atoms with van der Waals surface area (Å²) in [5.74, 6) is -2.08. The standard InChI is InChI=1S/C30H26O4/c1-21-13-17-25(18-14-21)27(23-9-5-3-6-10-23)33-29(31)30(32)34-28(24-11-7-4-8-12-24)26-19-15-22(2)16-20-26/h3-20,27-28H,1-2H3. The van der Waals surface area contributed by atoms with Gasteiger partial charge in [0.2, 0.25) is 0 Å². The van der Waals surface area contributed by atoms with Crippen molar-refractivity contribution < 1.29 is 19.1 Å². The Labute approximate surface area is 199 Å². The summed E-state index contributed by atoms with van der Waals surface area (Å²) < 4.78 is 11.4. The number of carbonyl (C=O) groups is 2. The Bertz CT molecular complexity index is 1130. The third kappa shape index (κ3) is 5.59. The van der Waals surface area contributed by atoms with Gasteiger partial charge in [0, 0.05) is 0 Å². The Morgan fingerprint density at radius 2 is 0.765 bits per heavy atom. The molecule has 0 fully saturated rings. The molecular weight excluding hydrogens is 424 g/mol. The fourth-order valence-corrected chi connectivity index (χ4v) is 3.71. The molecule has 4 heteroatoms. The van der Waals surface area contributed by atoms with Crippen LogP contribution >= 0.6 is 0 Å². The lowest BCUT2D eigenvalue weighted by molar-refractivity contribution is -0.172. The van der Waals surface area contributed by atoms with Crippen molar-refractivity contribution in [2.45, 2.75) is 26.1 Å². The number of rotatable bonds is 6. The predicted molar refractivity (Wildman–Crippen MR) is 131 cm³/mol. The van der Waals surface area contributed by atoms with E-state index in [-0.39, 0.29) is 0 Å². The van der Waals surface area contributed by atoms with E-state index in [2.05, 4.69) is 0 Å². The maximum Gasteiger partial charge on any atom is 0.418 e. The number of aryl methyl sites for hydroxylation is 2. The van der Waals surface area contributed by atoms with E-state index in [0.717, 1.165) is 33.4 Å². The average Bonchev–Trinajstić information content (AvgIpc) is 2.88. The Morgan fingerprint density at radius 1 is 0.471 bits per heavy atom. The molecule has 0 saturated carbocycles. The van der Waals surface area contributed by atoms with Crippen molar-refractivity contribution in [3.05, 3.63) is 143 Å². The molecule has 0 bridgehead atoms. The lowest BCUT2D eigenvalue weighted by Gasteiger charge is -2.21. The van der Waals surface area contributed by atoms with Crippen molar-refractivity contribution >= 4 is 11.9 Å². The van der Waals surface area contributed by atoms with Gasteiger partial charge in [-0.3, -0.25) is 0 Å². The first-order valence-electron chi connectivity index (χ1n) is 11.2. The summed E-state index contributed by atoms with van der Waals surface area (Å²) in [7, 11) is 0. The molecule has 0 N–H and O–H groups in total. The summed E-state index contributed by atoms with van der Waals surface area (Å²) >= 11 is 0. The molecule has 4 aromatic carbocycles. The van der Waals surface area contributed by atoms with Gasteiger partial charge in [0.15, 0.2) is 12.2 Å². The molecule has 170 valence electrons. The second-order valence-corrected chi connectivity index (χ2v) is 8.21. The third-order valence-corrected chi connectivity index (χ3v) is 5.58. The zero-order chi connectivity index (χ0) is 23.9. The lowest BCUT2D eigenvalue weighted by Crippen LogP contribution is -2.25. The largest absolute Gasteiger partial charge is 0.444 e. The minimum absolute atomic E-state index is 0.726. The minimum atomic E-state index is -1.04. The SMILES string of the molecule is Cc1ccc(C(OC(=O)C(=O)OC(c2ccccc2)c2ccc(C)cc2)c2ccccc2)cc1. The molecule has 0 aliphatic heterocycles. The van der Waals surface area contributed by atoms with E-state index in [9.17, 15) is 9.59 Å². The van der Waals surface area contributed by atoms with Crippen LogP contribution < -0.4 is 0 Å². The molecule has 2 atom stereocenters. The van der Waals surface area contributed by atoms with Crippen LogP contribution in [-0.2, 0) is 19.1 Å². The number of hydrogen-bond acceptors (Lipinski definition) is 4. The molecule has 0 aromatic heterocycles. The molecule has 34 heavy (non-hydrogen) atoms. The van der Waals surface area contributed by atoms with E-state index < -0.39 is 24.1 Å². The second-order valence-electron chi connectivity index (χ2n) is 8.21. The van der Waals surface area contributed by atoms with Crippen molar-refractivity contribution in [2.75, 3.05) is 0 Å². The molecule has 0 spiro atoms. The van der Waals surface area contributed by atoms with Crippen molar-refractivity contribution in [3.63, 3.8) is 0 Å². The molecule has 0 radical (unpaired) electrons. The molecule has 0 heterocycles. The quantitative estimate of drug-likeness (QED) is 0.257. The van der Waals surface area contributed by atoms with E-state index >= 15 is 0 Å². The lowest BCUT2D eigenvalue weighted by atomic mass is 10.00. The van der Waals surface area contributed by atoms with Gasteiger partial charge in [-0.2, -0.15) is 0 Å². The first-order valence-corrected chi connectivity index (χ1v) is 11.2. The fraction of sp³-hybridized carbons (Fsp3) is 0.133. The van der Waals surface area contributed by atoms with Gasteiger partial charge in [-0.05, 0) is 36.1 Å². The topological polar surface area (TPSA) is 52.6 Å². The molecule has 0 aliphatic carbocycles. The van der Waals surface area contributed by atoms with Crippen LogP contribution in [0.3, 0.4) is 0 Å². The summed E-state index contributed by atoms with van der Waals surface area (Å²) in [5.41, 5.74) is 5.26. The zero-order valence-corrected chi connectivity index (χ0v) is 19.2. The van der Waals surface area contributed by atoms with Gasteiger partial charge in [-0.1, -0.05) is 120 Å². The van der Waals surface area contributed by atoms with Crippen molar-refractivity contribution in [2.24, 2.45) is 0 Å². The fourth-order valence-electron chi connectivity index (χ4n) is 3.71. The number of hydrogen-bond donors (Lipinski definition) is 0. The predicted octanol–water partition coefficient (Wildman–Crippen LogP) is 6.27. The summed E-state index contributed by atoms with van der Waals surface area (Å²) in [5, 5.41) is 0. The molecule has 4 rings (SSSR count). The highest BCUT2D eigenvalue weighted by atomic mass is 16.6. The molecule has 2 unspecified atom stereocenters. The molecule has 0 amide bonds. The van der Waals surface area contributed by atoms with Crippen LogP contribution in [-0.4, -0.2) is 11.9 Å². The van der Waals surface area contributed by atoms with Crippen LogP contribution in [0.4, 0.5) is 0 Å². The monoisotopic (exact) mass is 450 g/mol. The summed E-state index contributed by atoms with van der Waals surface area (Å²) in [6, 6.07) is 34.0. The Morgan fingerprint density at radius 3 is 1.09 bits per heavy atom. The Hall–Kier alpha value is -4.18. The van der Waals surface area contributed by atoms with Crippen molar-refractivity contribution in [3.8, 4) is 0 Å². The van der Waals surface area contributed by atoms with Gasteiger partial charge in [0.1, 0.15) is 0 Å². The van der Waals surface area contributed by atoms with Gasteiger partial charge in [-0.15, -0.1) is 0 Å². The minimum Gasteiger partial charge on any atom is -0.444 e. The van der Waals surface area contributed by atoms with Gasteiger partial charge in [0.25, 0.3) is 0 Å². The van der Waals surface area contributed by atoms with Crippen molar-refractivity contribution in [1.82, 2.24) is 0 Å². The van der Waals surface area contributed by atoms with Crippen molar-refractivity contribution in [1.29, 1.82) is 0 Å². The van der Waals surface area contributed by atoms with E-state index in [1.54, 1.807) is 0 Å². The molecule has 4 aromatic rings. The van der Waals surface area contributed by atoms with Crippen LogP contribution in [0.25, 0.3) is 0 Å². The van der Waals surface area contributed by atoms with E-state index in [0.29, 0.717) is 0 Å². The van der Waals surface area contributed by atoms with Crippen LogP contribution in [0.1, 0.15) is 45.6 Å². The van der Waals surface area contributed by atoms with Gasteiger partial charge < -0.3 is 9.47 Å². The zero-order valence-electron chi connectivity index (χ0n) is 19.2. The van der Waals surface area contributed by atoms with E-state index in [1.807, 2.05) is 123 Å². The van der Waals surface area contributed by atoms with Crippen LogP contribution in [0.2, 0.25) is 0 Å². The maximum absolute atomic E-state index is 12.9. The first-order chi connectivity index (χ1) is 16.5. The van der Waals surface area contributed by atoms with E-state index in [1.165, 1.54) is 0 Å². The van der Waals surface area contributed by atoms with Gasteiger partial charge >= 0.3 is 11.9 Å².